The molecule has 0 saturated heterocycles. The van der Waals surface area contributed by atoms with Gasteiger partial charge in [-0.05, 0) is 26.0 Å². The van der Waals surface area contributed by atoms with E-state index in [4.69, 9.17) is 4.74 Å². The zero-order chi connectivity index (χ0) is 12.7. The summed E-state index contributed by atoms with van der Waals surface area (Å²) in [5.41, 5.74) is 2.12. The van der Waals surface area contributed by atoms with Crippen molar-refractivity contribution in [2.75, 3.05) is 0 Å². The number of hydrogen-bond acceptors (Lipinski definition) is 3. The van der Waals surface area contributed by atoms with Crippen LogP contribution in [-0.2, 0) is 0 Å². The maximum atomic E-state index is 10.2. The average molecular weight is 260 g/mol. The third-order valence-electron chi connectivity index (χ3n) is 3.41. The van der Waals surface area contributed by atoms with E-state index < -0.39 is 6.10 Å². The lowest BCUT2D eigenvalue weighted by molar-refractivity contribution is 0.0657. The predicted molar refractivity (Wildman–Crippen MR) is 73.2 cm³/mol. The third kappa shape index (κ3) is 1.93. The minimum absolute atomic E-state index is 0.0279. The number of para-hydroxylation sites is 1. The van der Waals surface area contributed by atoms with Gasteiger partial charge in [0.05, 0.1) is 6.10 Å². The van der Waals surface area contributed by atoms with Gasteiger partial charge in [-0.25, -0.2) is 0 Å². The smallest absolute Gasteiger partial charge is 0.128 e. The molecule has 94 valence electrons. The second-order valence-electron chi connectivity index (χ2n) is 4.76. The van der Waals surface area contributed by atoms with Crippen LogP contribution in [0.4, 0.5) is 0 Å². The molecular formula is C15H16O2S. The van der Waals surface area contributed by atoms with Gasteiger partial charge in [0.1, 0.15) is 11.9 Å². The molecule has 0 aliphatic carbocycles. The number of aliphatic hydroxyl groups excluding tert-OH is 1. The van der Waals surface area contributed by atoms with Crippen molar-refractivity contribution in [2.45, 2.75) is 32.5 Å². The lowest BCUT2D eigenvalue weighted by Gasteiger charge is -2.29. The molecule has 0 amide bonds. The van der Waals surface area contributed by atoms with Crippen molar-refractivity contribution in [2.24, 2.45) is 0 Å². The van der Waals surface area contributed by atoms with E-state index in [1.165, 1.54) is 15.3 Å². The van der Waals surface area contributed by atoms with Gasteiger partial charge in [0.15, 0.2) is 0 Å². The number of hydrogen-bond donors (Lipinski definition) is 1. The molecular weight excluding hydrogens is 244 g/mol. The number of aryl methyl sites for hydroxylation is 2. The van der Waals surface area contributed by atoms with E-state index in [0.717, 1.165) is 11.3 Å². The first kappa shape index (κ1) is 11.8. The largest absolute Gasteiger partial charge is 0.485 e. The zero-order valence-corrected chi connectivity index (χ0v) is 11.3. The standard InChI is InChI=1S/C15H16O2S/c1-9-7-12(10(2)18-9)15-8-13(16)11-5-3-4-6-14(11)17-15/h3-7,13,15-16H,8H2,1-2H3. The molecule has 1 aromatic heterocycles. The molecule has 2 nitrogen and oxygen atoms in total. The molecule has 3 heteroatoms. The lowest BCUT2D eigenvalue weighted by atomic mass is 9.95. The van der Waals surface area contributed by atoms with Gasteiger partial charge in [-0.2, -0.15) is 0 Å². The molecule has 2 atom stereocenters. The molecule has 1 aromatic carbocycles. The topological polar surface area (TPSA) is 29.5 Å². The molecule has 3 rings (SSSR count). The summed E-state index contributed by atoms with van der Waals surface area (Å²) in [6, 6.07) is 9.91. The Kier molecular flexibility index (Phi) is 2.88. The lowest BCUT2D eigenvalue weighted by Crippen LogP contribution is -2.19. The monoisotopic (exact) mass is 260 g/mol. The van der Waals surface area contributed by atoms with Gasteiger partial charge < -0.3 is 9.84 Å². The first-order valence-electron chi connectivity index (χ1n) is 6.15. The van der Waals surface area contributed by atoms with Crippen molar-refractivity contribution >= 4 is 11.3 Å². The minimum Gasteiger partial charge on any atom is -0.485 e. The van der Waals surface area contributed by atoms with Crippen LogP contribution in [0.15, 0.2) is 30.3 Å². The van der Waals surface area contributed by atoms with E-state index in [9.17, 15) is 5.11 Å². The number of benzene rings is 1. The fourth-order valence-corrected chi connectivity index (χ4v) is 3.53. The molecule has 2 aromatic rings. The van der Waals surface area contributed by atoms with Gasteiger partial charge in [-0.3, -0.25) is 0 Å². The van der Waals surface area contributed by atoms with Crippen molar-refractivity contribution < 1.29 is 9.84 Å². The Morgan fingerprint density at radius 3 is 2.72 bits per heavy atom. The highest BCUT2D eigenvalue weighted by Crippen LogP contribution is 2.42. The molecule has 2 unspecified atom stereocenters. The van der Waals surface area contributed by atoms with Gasteiger partial charge >= 0.3 is 0 Å². The number of rotatable bonds is 1. The van der Waals surface area contributed by atoms with Crippen molar-refractivity contribution in [1.82, 2.24) is 0 Å². The van der Waals surface area contributed by atoms with Crippen LogP contribution >= 0.6 is 11.3 Å². The van der Waals surface area contributed by atoms with E-state index in [0.29, 0.717) is 6.42 Å². The summed E-state index contributed by atoms with van der Waals surface area (Å²) in [4.78, 5) is 2.57. The summed E-state index contributed by atoms with van der Waals surface area (Å²) < 4.78 is 6.03. The van der Waals surface area contributed by atoms with Gasteiger partial charge in [-0.15, -0.1) is 11.3 Å². The van der Waals surface area contributed by atoms with Crippen LogP contribution in [0.3, 0.4) is 0 Å². The van der Waals surface area contributed by atoms with Crippen LogP contribution < -0.4 is 4.74 Å². The van der Waals surface area contributed by atoms with Crippen molar-refractivity contribution in [1.29, 1.82) is 0 Å². The van der Waals surface area contributed by atoms with Crippen LogP contribution in [0.5, 0.6) is 5.75 Å². The molecule has 0 fully saturated rings. The van der Waals surface area contributed by atoms with E-state index in [1.54, 1.807) is 11.3 Å². The molecule has 1 N–H and O–H groups in total. The normalized spacial score (nSPS) is 22.4. The number of ether oxygens (including phenoxy) is 1. The fourth-order valence-electron chi connectivity index (χ4n) is 2.55. The molecule has 1 aliphatic rings. The van der Waals surface area contributed by atoms with Crippen LogP contribution in [0.1, 0.15) is 39.5 Å². The summed E-state index contributed by atoms with van der Waals surface area (Å²) in [7, 11) is 0. The Labute approximate surface area is 111 Å². The minimum atomic E-state index is -0.431. The SMILES string of the molecule is Cc1cc(C2CC(O)c3ccccc3O2)c(C)s1. The molecule has 0 bridgehead atoms. The molecule has 2 heterocycles. The van der Waals surface area contributed by atoms with Gasteiger partial charge in [0.2, 0.25) is 0 Å². The molecule has 18 heavy (non-hydrogen) atoms. The second kappa shape index (κ2) is 4.41. The average Bonchev–Trinajstić information content (AvgIpc) is 2.68. The maximum absolute atomic E-state index is 10.2. The molecule has 0 spiro atoms. The van der Waals surface area contributed by atoms with Crippen molar-refractivity contribution in [3.8, 4) is 5.75 Å². The predicted octanol–water partition coefficient (Wildman–Crippen LogP) is 3.92. The first-order valence-corrected chi connectivity index (χ1v) is 6.97. The Hall–Kier alpha value is -1.32. The van der Waals surface area contributed by atoms with Crippen molar-refractivity contribution in [3.05, 3.63) is 51.2 Å². The summed E-state index contributed by atoms with van der Waals surface area (Å²) in [6.07, 6.45) is 0.174. The summed E-state index contributed by atoms with van der Waals surface area (Å²) in [5.74, 6) is 0.810. The van der Waals surface area contributed by atoms with Gasteiger partial charge in [0, 0.05) is 27.3 Å². The Balaban J connectivity index is 1.97. The second-order valence-corrected chi connectivity index (χ2v) is 6.22. The van der Waals surface area contributed by atoms with Crippen molar-refractivity contribution in [3.63, 3.8) is 0 Å². The highest BCUT2D eigenvalue weighted by atomic mass is 32.1. The zero-order valence-electron chi connectivity index (χ0n) is 10.5. The molecule has 1 aliphatic heterocycles. The van der Waals surface area contributed by atoms with E-state index in [2.05, 4.69) is 19.9 Å². The van der Waals surface area contributed by atoms with E-state index in [1.807, 2.05) is 24.3 Å². The maximum Gasteiger partial charge on any atom is 0.128 e. The fraction of sp³-hybridized carbons (Fsp3) is 0.333. The van der Waals surface area contributed by atoms with Crippen LogP contribution in [0, 0.1) is 13.8 Å². The van der Waals surface area contributed by atoms with Crippen LogP contribution in [0.25, 0.3) is 0 Å². The number of thiophene rings is 1. The van der Waals surface area contributed by atoms with E-state index >= 15 is 0 Å². The first-order chi connectivity index (χ1) is 8.65. The number of fused-ring (bicyclic) bond motifs is 1. The quantitative estimate of drug-likeness (QED) is 0.842. The highest BCUT2D eigenvalue weighted by Gasteiger charge is 2.29. The van der Waals surface area contributed by atoms with Crippen LogP contribution in [0.2, 0.25) is 0 Å². The molecule has 0 radical (unpaired) electrons. The summed E-state index contributed by atoms with van der Waals surface area (Å²) in [5, 5.41) is 10.2. The van der Waals surface area contributed by atoms with Crippen LogP contribution in [-0.4, -0.2) is 5.11 Å². The highest BCUT2D eigenvalue weighted by molar-refractivity contribution is 7.12. The number of aliphatic hydroxyl groups is 1. The van der Waals surface area contributed by atoms with Gasteiger partial charge in [0.25, 0.3) is 0 Å². The van der Waals surface area contributed by atoms with E-state index in [-0.39, 0.29) is 6.10 Å². The Morgan fingerprint density at radius 1 is 1.22 bits per heavy atom. The Bertz CT molecular complexity index is 574. The Morgan fingerprint density at radius 2 is 2.00 bits per heavy atom. The third-order valence-corrected chi connectivity index (χ3v) is 4.39. The summed E-state index contributed by atoms with van der Waals surface area (Å²) in [6.45, 7) is 4.22. The van der Waals surface area contributed by atoms with Gasteiger partial charge in [-0.1, -0.05) is 18.2 Å². The summed E-state index contributed by atoms with van der Waals surface area (Å²) >= 11 is 1.78. The molecule has 0 saturated carbocycles.